The minimum Gasteiger partial charge on any atom is -0.394 e. The van der Waals surface area contributed by atoms with Gasteiger partial charge in [0.2, 0.25) is 17.7 Å². The highest BCUT2D eigenvalue weighted by atomic mass is 16.7. The highest BCUT2D eigenvalue weighted by molar-refractivity contribution is 5.87. The van der Waals surface area contributed by atoms with Crippen LogP contribution < -0.4 is 16.0 Å². The van der Waals surface area contributed by atoms with Crippen LogP contribution in [0.3, 0.4) is 0 Å². The van der Waals surface area contributed by atoms with E-state index in [1.165, 1.54) is 6.92 Å². The summed E-state index contributed by atoms with van der Waals surface area (Å²) in [6, 6.07) is 8.04. The average molecular weight is 580 g/mol. The van der Waals surface area contributed by atoms with Gasteiger partial charge in [-0.25, -0.2) is 0 Å². The zero-order valence-electron chi connectivity index (χ0n) is 24.4. The van der Waals surface area contributed by atoms with E-state index in [-0.39, 0.29) is 18.4 Å². The van der Waals surface area contributed by atoms with Crippen LogP contribution in [0.4, 0.5) is 0 Å². The number of hydrogen-bond acceptors (Lipinski definition) is 8. The molecule has 11 heteroatoms. The van der Waals surface area contributed by atoms with Crippen molar-refractivity contribution in [2.75, 3.05) is 19.8 Å². The summed E-state index contributed by atoms with van der Waals surface area (Å²) in [5.74, 6) is -0.704. The van der Waals surface area contributed by atoms with E-state index in [4.69, 9.17) is 9.47 Å². The number of unbranched alkanes of at least 4 members (excludes halogenated alkanes) is 6. The third-order valence-corrected chi connectivity index (χ3v) is 7.09. The fraction of sp³-hybridized carbons (Fsp3) is 0.700. The van der Waals surface area contributed by atoms with Crippen LogP contribution in [0.5, 0.6) is 0 Å². The smallest absolute Gasteiger partial charge is 0.242 e. The Morgan fingerprint density at radius 2 is 1.68 bits per heavy atom. The van der Waals surface area contributed by atoms with Crippen molar-refractivity contribution in [3.63, 3.8) is 0 Å². The second-order valence-corrected chi connectivity index (χ2v) is 10.6. The van der Waals surface area contributed by atoms with E-state index < -0.39 is 49.2 Å². The summed E-state index contributed by atoms with van der Waals surface area (Å²) in [6.07, 6.45) is 3.21. The summed E-state index contributed by atoms with van der Waals surface area (Å²) >= 11 is 0. The molecule has 0 aromatic heterocycles. The van der Waals surface area contributed by atoms with Crippen molar-refractivity contribution in [3.05, 3.63) is 35.9 Å². The number of benzene rings is 1. The maximum atomic E-state index is 12.9. The topological polar surface area (TPSA) is 166 Å². The summed E-state index contributed by atoms with van der Waals surface area (Å²) in [5, 5.41) is 38.2. The fourth-order valence-electron chi connectivity index (χ4n) is 4.77. The van der Waals surface area contributed by atoms with E-state index in [0.717, 1.165) is 50.5 Å². The standard InChI is InChI=1S/C30H49N3O8/c1-3-4-5-11-16-25(36)33-23(19-22-14-9-8-10-15-22)29(39)31-17-12-6-7-13-18-40-30-26(32-21(2)35)28(38)27(37)24(20-34)41-30/h8-10,14-15,23-24,26-28,30,34,37-38H,3-7,11-13,16-20H2,1-2H3,(H,31,39)(H,32,35)(H,33,36)/t23-,24?,26?,27+,28?,30+/m0/s1. The van der Waals surface area contributed by atoms with Crippen LogP contribution in [-0.4, -0.2) is 89.5 Å². The van der Waals surface area contributed by atoms with Crippen molar-refractivity contribution in [3.8, 4) is 0 Å². The minimum atomic E-state index is -1.35. The molecule has 6 N–H and O–H groups in total. The van der Waals surface area contributed by atoms with Crippen molar-refractivity contribution in [2.24, 2.45) is 0 Å². The first-order chi connectivity index (χ1) is 19.8. The SMILES string of the molecule is CCCCCCC(=O)N[C@@H](Cc1ccccc1)C(=O)NCCCCCCO[C@@H]1OC(CO)[C@@H](O)C(O)C1NC(C)=O. The molecule has 1 aliphatic heterocycles. The molecule has 1 aliphatic rings. The average Bonchev–Trinajstić information content (AvgIpc) is 2.96. The third-order valence-electron chi connectivity index (χ3n) is 7.09. The molecule has 1 saturated heterocycles. The maximum Gasteiger partial charge on any atom is 0.242 e. The lowest BCUT2D eigenvalue weighted by molar-refractivity contribution is -0.270. The van der Waals surface area contributed by atoms with Crippen LogP contribution in [0.2, 0.25) is 0 Å². The molecule has 6 atom stereocenters. The van der Waals surface area contributed by atoms with Crippen LogP contribution in [0.25, 0.3) is 0 Å². The molecule has 11 nitrogen and oxygen atoms in total. The number of ether oxygens (including phenoxy) is 2. The second kappa shape index (κ2) is 19.5. The van der Waals surface area contributed by atoms with Crippen molar-refractivity contribution in [1.29, 1.82) is 0 Å². The van der Waals surface area contributed by atoms with Crippen LogP contribution in [0, 0.1) is 0 Å². The van der Waals surface area contributed by atoms with Gasteiger partial charge in [0, 0.05) is 32.9 Å². The van der Waals surface area contributed by atoms with Gasteiger partial charge in [0.05, 0.1) is 6.61 Å². The van der Waals surface area contributed by atoms with Gasteiger partial charge in [-0.2, -0.15) is 0 Å². The zero-order valence-corrected chi connectivity index (χ0v) is 24.4. The number of carbonyl (C=O) groups is 3. The molecule has 232 valence electrons. The summed E-state index contributed by atoms with van der Waals surface area (Å²) in [5.41, 5.74) is 0.981. The number of nitrogens with one attached hydrogen (secondary N) is 3. The maximum absolute atomic E-state index is 12.9. The number of carbonyl (C=O) groups excluding carboxylic acids is 3. The highest BCUT2D eigenvalue weighted by Gasteiger charge is 2.45. The first-order valence-corrected chi connectivity index (χ1v) is 14.9. The first kappa shape index (κ1) is 34.6. The summed E-state index contributed by atoms with van der Waals surface area (Å²) in [7, 11) is 0. The zero-order chi connectivity index (χ0) is 30.0. The van der Waals surface area contributed by atoms with Crippen molar-refractivity contribution in [1.82, 2.24) is 16.0 Å². The number of aliphatic hydroxyl groups excluding tert-OH is 3. The minimum absolute atomic E-state index is 0.104. The number of rotatable bonds is 19. The lowest BCUT2D eigenvalue weighted by Crippen LogP contribution is -2.64. The predicted molar refractivity (Wildman–Crippen MR) is 154 cm³/mol. The molecule has 1 aromatic carbocycles. The van der Waals surface area contributed by atoms with Gasteiger partial charge in [-0.1, -0.05) is 69.4 Å². The Labute approximate surface area is 243 Å². The van der Waals surface area contributed by atoms with Gasteiger partial charge in [0.1, 0.15) is 30.4 Å². The number of amides is 3. The molecule has 1 aromatic rings. The molecule has 3 unspecified atom stereocenters. The van der Waals surface area contributed by atoms with Crippen molar-refractivity contribution in [2.45, 2.75) is 115 Å². The lowest BCUT2D eigenvalue weighted by Gasteiger charge is -2.42. The molecule has 1 heterocycles. The van der Waals surface area contributed by atoms with Gasteiger partial charge in [-0.3, -0.25) is 14.4 Å². The summed E-state index contributed by atoms with van der Waals surface area (Å²) in [6.45, 7) is 3.69. The lowest BCUT2D eigenvalue weighted by atomic mass is 9.97. The summed E-state index contributed by atoms with van der Waals surface area (Å²) in [4.78, 5) is 36.9. The Balaban J connectivity index is 1.72. The number of aliphatic hydroxyl groups is 3. The van der Waals surface area contributed by atoms with Crippen molar-refractivity contribution < 1.29 is 39.2 Å². The fourth-order valence-corrected chi connectivity index (χ4v) is 4.77. The molecular formula is C30H49N3O8. The van der Waals surface area contributed by atoms with Crippen LogP contribution >= 0.6 is 0 Å². The summed E-state index contributed by atoms with van der Waals surface area (Å²) < 4.78 is 11.3. The molecule has 0 aliphatic carbocycles. The Morgan fingerprint density at radius 3 is 2.37 bits per heavy atom. The molecule has 0 saturated carbocycles. The van der Waals surface area contributed by atoms with E-state index in [1.807, 2.05) is 30.3 Å². The van der Waals surface area contributed by atoms with E-state index in [1.54, 1.807) is 0 Å². The van der Waals surface area contributed by atoms with Gasteiger partial charge in [0.25, 0.3) is 0 Å². The van der Waals surface area contributed by atoms with Gasteiger partial charge >= 0.3 is 0 Å². The number of hydrogen-bond donors (Lipinski definition) is 6. The van der Waals surface area contributed by atoms with Gasteiger partial charge in [-0.15, -0.1) is 0 Å². The van der Waals surface area contributed by atoms with E-state index >= 15 is 0 Å². The second-order valence-electron chi connectivity index (χ2n) is 10.6. The molecule has 2 rings (SSSR count). The van der Waals surface area contributed by atoms with E-state index in [2.05, 4.69) is 22.9 Å². The largest absolute Gasteiger partial charge is 0.394 e. The Morgan fingerprint density at radius 1 is 0.976 bits per heavy atom. The van der Waals surface area contributed by atoms with Gasteiger partial charge in [-0.05, 0) is 24.8 Å². The molecular weight excluding hydrogens is 530 g/mol. The monoisotopic (exact) mass is 579 g/mol. The third kappa shape index (κ3) is 12.9. The quantitative estimate of drug-likeness (QED) is 0.134. The normalized spacial score (nSPS) is 23.0. The van der Waals surface area contributed by atoms with Gasteiger partial charge < -0.3 is 40.7 Å². The molecule has 41 heavy (non-hydrogen) atoms. The first-order valence-electron chi connectivity index (χ1n) is 14.9. The van der Waals surface area contributed by atoms with Crippen LogP contribution in [0.1, 0.15) is 77.2 Å². The predicted octanol–water partition coefficient (Wildman–Crippen LogP) is 1.32. The van der Waals surface area contributed by atoms with Gasteiger partial charge in [0.15, 0.2) is 6.29 Å². The Hall–Kier alpha value is -2.57. The highest BCUT2D eigenvalue weighted by Crippen LogP contribution is 2.22. The molecule has 0 spiro atoms. The molecule has 3 amide bonds. The molecule has 0 radical (unpaired) electrons. The molecule has 0 bridgehead atoms. The van der Waals surface area contributed by atoms with Crippen LogP contribution in [-0.2, 0) is 30.3 Å². The van der Waals surface area contributed by atoms with Crippen LogP contribution in [0.15, 0.2) is 30.3 Å². The molecule has 1 fully saturated rings. The Kier molecular flexibility index (Phi) is 16.5. The van der Waals surface area contributed by atoms with E-state index in [0.29, 0.717) is 25.8 Å². The van der Waals surface area contributed by atoms with Crippen molar-refractivity contribution >= 4 is 17.7 Å². The Bertz CT molecular complexity index is 903. The van der Waals surface area contributed by atoms with E-state index in [9.17, 15) is 29.7 Å².